The van der Waals surface area contributed by atoms with Crippen molar-refractivity contribution < 1.29 is 23.4 Å². The van der Waals surface area contributed by atoms with Crippen molar-refractivity contribution in [1.82, 2.24) is 4.90 Å². The Bertz CT molecular complexity index is 1150. The van der Waals surface area contributed by atoms with Gasteiger partial charge in [0.1, 0.15) is 5.56 Å². The van der Waals surface area contributed by atoms with E-state index in [0.29, 0.717) is 47.7 Å². The summed E-state index contributed by atoms with van der Waals surface area (Å²) in [5.41, 5.74) is 1.73. The molecular formula is C22H21NO6. The Kier molecular flexibility index (Phi) is 4.88. The molecule has 29 heavy (non-hydrogen) atoms. The van der Waals surface area contributed by atoms with E-state index < -0.39 is 5.63 Å². The lowest BCUT2D eigenvalue weighted by Crippen LogP contribution is -2.38. The third-order valence-electron chi connectivity index (χ3n) is 5.18. The van der Waals surface area contributed by atoms with Crippen LogP contribution in [0.3, 0.4) is 0 Å². The van der Waals surface area contributed by atoms with Crippen molar-refractivity contribution in [2.24, 2.45) is 0 Å². The minimum atomic E-state index is -0.676. The number of rotatable bonds is 4. The van der Waals surface area contributed by atoms with Gasteiger partial charge < -0.3 is 23.5 Å². The SMILES string of the molecule is COc1cc2c(cc1OC)CN(C(=O)c1cc3cccc(OC)c3oc1=O)CC2. The number of hydrogen-bond acceptors (Lipinski definition) is 6. The van der Waals surface area contributed by atoms with Crippen LogP contribution in [0.2, 0.25) is 0 Å². The highest BCUT2D eigenvalue weighted by Crippen LogP contribution is 2.33. The zero-order valence-corrected chi connectivity index (χ0v) is 16.5. The third kappa shape index (κ3) is 3.29. The van der Waals surface area contributed by atoms with Crippen LogP contribution in [0.4, 0.5) is 0 Å². The van der Waals surface area contributed by atoms with E-state index in [4.69, 9.17) is 18.6 Å². The Morgan fingerprint density at radius 1 is 0.966 bits per heavy atom. The molecule has 0 radical (unpaired) electrons. The molecule has 2 heterocycles. The van der Waals surface area contributed by atoms with Gasteiger partial charge in [0, 0.05) is 18.5 Å². The molecule has 0 saturated carbocycles. The average molecular weight is 395 g/mol. The molecule has 0 fully saturated rings. The lowest BCUT2D eigenvalue weighted by Gasteiger charge is -2.29. The van der Waals surface area contributed by atoms with E-state index in [1.807, 2.05) is 12.1 Å². The standard InChI is InChI=1S/C22H21NO6/c1-26-17-6-4-5-14-9-16(22(25)29-20(14)17)21(24)23-8-7-13-10-18(27-2)19(28-3)11-15(13)12-23/h4-6,9-11H,7-8,12H2,1-3H3. The van der Waals surface area contributed by atoms with Crippen molar-refractivity contribution in [3.63, 3.8) is 0 Å². The fourth-order valence-electron chi connectivity index (χ4n) is 3.65. The first kappa shape index (κ1) is 18.9. The number of para-hydroxylation sites is 1. The second-order valence-corrected chi connectivity index (χ2v) is 6.78. The Morgan fingerprint density at radius 3 is 2.34 bits per heavy atom. The molecule has 150 valence electrons. The maximum atomic E-state index is 13.1. The smallest absolute Gasteiger partial charge is 0.349 e. The summed E-state index contributed by atoms with van der Waals surface area (Å²) in [5, 5.41) is 0.635. The summed E-state index contributed by atoms with van der Waals surface area (Å²) in [4.78, 5) is 27.2. The molecule has 0 aliphatic carbocycles. The van der Waals surface area contributed by atoms with Crippen molar-refractivity contribution >= 4 is 16.9 Å². The van der Waals surface area contributed by atoms with Crippen LogP contribution in [-0.2, 0) is 13.0 Å². The van der Waals surface area contributed by atoms with E-state index in [2.05, 4.69) is 0 Å². The van der Waals surface area contributed by atoms with Gasteiger partial charge in [-0.25, -0.2) is 4.79 Å². The van der Waals surface area contributed by atoms with Crippen molar-refractivity contribution in [2.45, 2.75) is 13.0 Å². The van der Waals surface area contributed by atoms with Crippen LogP contribution < -0.4 is 19.8 Å². The Hall–Kier alpha value is -3.48. The average Bonchev–Trinajstić information content (AvgIpc) is 2.76. The maximum Gasteiger partial charge on any atom is 0.349 e. The summed E-state index contributed by atoms with van der Waals surface area (Å²) in [7, 11) is 4.67. The molecule has 2 aromatic carbocycles. The molecule has 0 saturated heterocycles. The van der Waals surface area contributed by atoms with E-state index in [1.165, 1.54) is 7.11 Å². The van der Waals surface area contributed by atoms with Gasteiger partial charge in [0.15, 0.2) is 22.8 Å². The molecule has 0 atom stereocenters. The minimum absolute atomic E-state index is 0.00896. The number of ether oxygens (including phenoxy) is 3. The molecule has 0 spiro atoms. The highest BCUT2D eigenvalue weighted by Gasteiger charge is 2.26. The van der Waals surface area contributed by atoms with Crippen molar-refractivity contribution in [2.75, 3.05) is 27.9 Å². The third-order valence-corrected chi connectivity index (χ3v) is 5.18. The fraction of sp³-hybridized carbons (Fsp3) is 0.273. The van der Waals surface area contributed by atoms with Gasteiger partial charge in [-0.1, -0.05) is 12.1 Å². The number of benzene rings is 2. The molecule has 1 amide bonds. The van der Waals surface area contributed by atoms with Crippen LogP contribution >= 0.6 is 0 Å². The van der Waals surface area contributed by atoms with E-state index >= 15 is 0 Å². The van der Waals surface area contributed by atoms with Crippen LogP contribution in [0.15, 0.2) is 45.6 Å². The zero-order chi connectivity index (χ0) is 20.5. The number of amides is 1. The van der Waals surface area contributed by atoms with Crippen LogP contribution in [0.5, 0.6) is 17.2 Å². The molecule has 1 aliphatic rings. The summed E-state index contributed by atoms with van der Waals surface area (Å²) < 4.78 is 21.3. The van der Waals surface area contributed by atoms with Gasteiger partial charge in [-0.15, -0.1) is 0 Å². The van der Waals surface area contributed by atoms with E-state index in [1.54, 1.807) is 43.4 Å². The lowest BCUT2D eigenvalue weighted by molar-refractivity contribution is 0.0730. The van der Waals surface area contributed by atoms with Crippen molar-refractivity contribution in [1.29, 1.82) is 0 Å². The second-order valence-electron chi connectivity index (χ2n) is 6.78. The van der Waals surface area contributed by atoms with Crippen LogP contribution in [0, 0.1) is 0 Å². The van der Waals surface area contributed by atoms with Gasteiger partial charge in [0.05, 0.1) is 21.3 Å². The van der Waals surface area contributed by atoms with Crippen LogP contribution in [0.25, 0.3) is 11.0 Å². The number of nitrogens with zero attached hydrogens (tertiary/aromatic N) is 1. The van der Waals surface area contributed by atoms with Crippen molar-refractivity contribution in [3.8, 4) is 17.2 Å². The molecular weight excluding hydrogens is 374 g/mol. The largest absolute Gasteiger partial charge is 0.493 e. The van der Waals surface area contributed by atoms with Crippen LogP contribution in [0.1, 0.15) is 21.5 Å². The number of carbonyl (C=O) groups is 1. The van der Waals surface area contributed by atoms with E-state index in [9.17, 15) is 9.59 Å². The number of methoxy groups -OCH3 is 3. The van der Waals surface area contributed by atoms with E-state index in [-0.39, 0.29) is 11.5 Å². The molecule has 0 unspecified atom stereocenters. The van der Waals surface area contributed by atoms with Crippen molar-refractivity contribution in [3.05, 3.63) is 63.5 Å². The molecule has 4 rings (SSSR count). The first-order chi connectivity index (χ1) is 14.0. The fourth-order valence-corrected chi connectivity index (χ4v) is 3.65. The molecule has 7 nitrogen and oxygen atoms in total. The monoisotopic (exact) mass is 395 g/mol. The van der Waals surface area contributed by atoms with E-state index in [0.717, 1.165) is 11.1 Å². The molecule has 1 aliphatic heterocycles. The summed E-state index contributed by atoms with van der Waals surface area (Å²) in [6.07, 6.45) is 0.661. The van der Waals surface area contributed by atoms with Gasteiger partial charge in [0.2, 0.25) is 0 Å². The predicted molar refractivity (Wildman–Crippen MR) is 107 cm³/mol. The maximum absolute atomic E-state index is 13.1. The number of carbonyl (C=O) groups excluding carboxylic acids is 1. The highest BCUT2D eigenvalue weighted by molar-refractivity contribution is 5.97. The van der Waals surface area contributed by atoms with Crippen LogP contribution in [-0.4, -0.2) is 38.7 Å². The minimum Gasteiger partial charge on any atom is -0.493 e. The molecule has 0 bridgehead atoms. The number of hydrogen-bond donors (Lipinski definition) is 0. The normalized spacial score (nSPS) is 13.1. The second kappa shape index (κ2) is 7.50. The highest BCUT2D eigenvalue weighted by atomic mass is 16.5. The zero-order valence-electron chi connectivity index (χ0n) is 16.5. The molecule has 0 N–H and O–H groups in total. The topological polar surface area (TPSA) is 78.2 Å². The quantitative estimate of drug-likeness (QED) is 0.632. The molecule has 1 aromatic heterocycles. The summed E-state index contributed by atoms with van der Waals surface area (Å²) in [6.45, 7) is 0.876. The number of fused-ring (bicyclic) bond motifs is 2. The van der Waals surface area contributed by atoms with Gasteiger partial charge in [-0.2, -0.15) is 0 Å². The molecule has 3 aromatic rings. The summed E-state index contributed by atoms with van der Waals surface area (Å²) >= 11 is 0. The summed E-state index contributed by atoms with van der Waals surface area (Å²) in [6, 6.07) is 10.6. The Labute approximate surface area is 167 Å². The summed E-state index contributed by atoms with van der Waals surface area (Å²) in [5.74, 6) is 1.36. The van der Waals surface area contributed by atoms with Gasteiger partial charge in [-0.05, 0) is 41.8 Å². The Balaban J connectivity index is 1.68. The first-order valence-corrected chi connectivity index (χ1v) is 9.19. The Morgan fingerprint density at radius 2 is 1.66 bits per heavy atom. The predicted octanol–water partition coefficient (Wildman–Crippen LogP) is 3.02. The molecule has 7 heteroatoms. The van der Waals surface area contributed by atoms with Gasteiger partial charge in [0.25, 0.3) is 5.91 Å². The van der Waals surface area contributed by atoms with Gasteiger partial charge in [-0.3, -0.25) is 4.79 Å². The first-order valence-electron chi connectivity index (χ1n) is 9.19. The van der Waals surface area contributed by atoms with Gasteiger partial charge >= 0.3 is 5.63 Å². The lowest BCUT2D eigenvalue weighted by atomic mass is 9.98.